The van der Waals surface area contributed by atoms with E-state index in [4.69, 9.17) is 37.8 Å². The smallest absolute Gasteiger partial charge is 0.399 e. The number of nitro groups is 2. The van der Waals surface area contributed by atoms with E-state index in [2.05, 4.69) is 124 Å². The fourth-order valence-corrected chi connectivity index (χ4v) is 13.5. The summed E-state index contributed by atoms with van der Waals surface area (Å²) in [6.07, 6.45) is 15.9. The molecule has 1 fully saturated rings. The van der Waals surface area contributed by atoms with Gasteiger partial charge in [0.2, 0.25) is 0 Å². The first-order chi connectivity index (χ1) is 52.6. The van der Waals surface area contributed by atoms with Crippen molar-refractivity contribution in [3.8, 4) is 62.7 Å². The van der Waals surface area contributed by atoms with Crippen molar-refractivity contribution < 1.29 is 32.7 Å². The van der Waals surface area contributed by atoms with Crippen LogP contribution in [0.3, 0.4) is 0 Å². The summed E-state index contributed by atoms with van der Waals surface area (Å²) in [5.74, 6) is 4.71. The lowest BCUT2D eigenvalue weighted by Crippen LogP contribution is -2.41. The molecule has 0 bridgehead atoms. The molecule has 0 saturated carbocycles. The Hall–Kier alpha value is -12.0. The summed E-state index contributed by atoms with van der Waals surface area (Å²) in [5, 5.41) is 24.1. The topological polar surface area (TPSA) is 279 Å². The molecular weight excluding hydrogens is 1450 g/mol. The molecule has 1 aliphatic heterocycles. The first-order valence-electron chi connectivity index (χ1n) is 34.6. The van der Waals surface area contributed by atoms with Crippen LogP contribution >= 0.6 is 24.5 Å². The van der Waals surface area contributed by atoms with Gasteiger partial charge in [0.15, 0.2) is 0 Å². The van der Waals surface area contributed by atoms with E-state index in [1.54, 1.807) is 86.0 Å². The number of H-pyrrole nitrogens is 1. The summed E-state index contributed by atoms with van der Waals surface area (Å²) in [7, 11) is -1.55. The molecule has 108 heavy (non-hydrogen) atoms. The number of pyridine rings is 6. The van der Waals surface area contributed by atoms with Crippen molar-refractivity contribution in [2.45, 2.75) is 59.7 Å². The lowest BCUT2D eigenvalue weighted by molar-refractivity contribution is -0.385. The molecule has 17 rings (SSSR count). The van der Waals surface area contributed by atoms with Gasteiger partial charge in [-0.15, -0.1) is 0 Å². The van der Waals surface area contributed by atoms with Crippen LogP contribution < -0.4 is 5.46 Å². The molecule has 10 aromatic heterocycles. The number of rotatable bonds is 16. The quantitative estimate of drug-likeness (QED) is 0.0407. The third kappa shape index (κ3) is 15.9. The minimum absolute atomic E-state index is 0.0443. The van der Waals surface area contributed by atoms with E-state index in [1.807, 2.05) is 159 Å². The number of nitrogens with zero attached hydrogens (tertiary/aromatic N) is 14. The summed E-state index contributed by atoms with van der Waals surface area (Å²) in [6.45, 7) is 15.9. The molecule has 27 heteroatoms. The van der Waals surface area contributed by atoms with Gasteiger partial charge >= 0.3 is 15.7 Å². The van der Waals surface area contributed by atoms with Crippen LogP contribution in [-0.4, -0.2) is 112 Å². The zero-order chi connectivity index (χ0) is 75.3. The Bertz CT molecular complexity index is 5740. The second kappa shape index (κ2) is 33.6. The number of para-hydroxylation sites is 5. The van der Waals surface area contributed by atoms with E-state index < -0.39 is 31.8 Å². The lowest BCUT2D eigenvalue weighted by atomic mass is 9.78. The molecular formula is C81H72BBrN15O9P. The number of imidazole rings is 3. The monoisotopic (exact) mass is 1520 g/mol. The third-order valence-electron chi connectivity index (χ3n) is 17.8. The first kappa shape index (κ1) is 74.3. The number of nitrogens with one attached hydrogen (secondary N) is 1. The highest BCUT2D eigenvalue weighted by Crippen LogP contribution is 2.42. The molecule has 11 heterocycles. The maximum Gasteiger partial charge on any atom is 0.497 e. The molecule has 0 atom stereocenters. The predicted octanol–water partition coefficient (Wildman–Crippen LogP) is 18.6. The molecule has 1 aliphatic rings. The molecule has 0 unspecified atom stereocenters. The average Bonchev–Trinajstić information content (AvgIpc) is 1.56. The summed E-state index contributed by atoms with van der Waals surface area (Å²) in [5.41, 5.74) is 11.8. The van der Waals surface area contributed by atoms with Gasteiger partial charge in [-0.3, -0.25) is 48.9 Å². The number of fused-ring (bicyclic) bond motifs is 7. The Balaban J connectivity index is 0.000000127. The molecule has 1 saturated heterocycles. The standard InChI is InChI=1S/C23H23BN4O2.C23H15N5O2.C23H15N5.C6H4BrNO2.C6H15O3P/c1-22(2)23(3,4)30-24(29-22)17-8-7-9-18-20(17)27-21(16-11-14-25-15-12-16)28(18)19-10-5-6-13-26-19;29-28(30)19-8-2-1-6-17(19)18-7-5-9-20-22(18)26-23(16-11-14-24-15-12-16)27(20)21-10-3-4-13-25-21;1-2-6-17-16(5-1)21-18(26-17)8-9-19-22(21)27-23(15-10-13-24-14-11-15)28(19)20-7-3-4-12-25-20;7-5-3-1-2-4-6(5)8(9)10;1-4-7-10(8-5-2)9-6-3/h5-15H,1-4H3;1-15H;1-14,26H;1-4H;4-6H2,1-3H3. The Morgan fingerprint density at radius 2 is 0.861 bits per heavy atom. The largest absolute Gasteiger partial charge is 0.497 e. The molecule has 0 aliphatic carbocycles. The fraction of sp³-hybridized carbons (Fsp3) is 0.148. The summed E-state index contributed by atoms with van der Waals surface area (Å²) in [6, 6.07) is 66.6. The van der Waals surface area contributed by atoms with Crippen LogP contribution in [0.1, 0.15) is 48.5 Å². The molecule has 1 N–H and O–H groups in total. The highest BCUT2D eigenvalue weighted by Gasteiger charge is 2.52. The Morgan fingerprint density at radius 1 is 0.444 bits per heavy atom. The SMILES string of the molecule is CC1(C)OB(c2cccc3c2nc(-c2ccncc2)n3-c2ccccn2)OC1(C)C.CCOP(OCC)OCC.O=[N+]([O-])c1ccccc1-c1cccc2c1nc(-c1ccncc1)n2-c1ccccn1.O=[N+]([O-])c1ccccc1Br.c1ccc(-n2c(-c3ccncc3)nc3c4c(ccc32)[nH]c2ccccc24)nc1. The normalized spacial score (nSPS) is 12.8. The van der Waals surface area contributed by atoms with E-state index in [9.17, 15) is 20.2 Å². The van der Waals surface area contributed by atoms with Crippen molar-refractivity contribution in [2.24, 2.45) is 0 Å². The highest BCUT2D eigenvalue weighted by molar-refractivity contribution is 9.10. The molecule has 540 valence electrons. The van der Waals surface area contributed by atoms with Gasteiger partial charge in [-0.05, 0) is 180 Å². The van der Waals surface area contributed by atoms with Gasteiger partial charge in [0.1, 0.15) is 34.9 Å². The van der Waals surface area contributed by atoms with Gasteiger partial charge in [-0.1, -0.05) is 84.9 Å². The maximum atomic E-state index is 11.6. The van der Waals surface area contributed by atoms with Gasteiger partial charge in [-0.25, -0.2) is 29.9 Å². The van der Waals surface area contributed by atoms with Crippen LogP contribution in [0, 0.1) is 20.2 Å². The average molecular weight is 1520 g/mol. The minimum Gasteiger partial charge on any atom is -0.399 e. The van der Waals surface area contributed by atoms with Crippen LogP contribution in [0.4, 0.5) is 11.4 Å². The molecule has 0 radical (unpaired) electrons. The van der Waals surface area contributed by atoms with E-state index in [1.165, 1.54) is 17.5 Å². The van der Waals surface area contributed by atoms with Gasteiger partial charge in [0, 0.05) is 117 Å². The van der Waals surface area contributed by atoms with Gasteiger partial charge in [-0.2, -0.15) is 0 Å². The maximum absolute atomic E-state index is 11.6. The van der Waals surface area contributed by atoms with E-state index in [-0.39, 0.29) is 16.3 Å². The van der Waals surface area contributed by atoms with Gasteiger partial charge < -0.3 is 27.9 Å². The number of hydrogen-bond donors (Lipinski definition) is 1. The zero-order valence-electron chi connectivity index (χ0n) is 59.9. The second-order valence-corrected chi connectivity index (χ2v) is 27.1. The van der Waals surface area contributed by atoms with E-state index in [0.29, 0.717) is 52.6 Å². The van der Waals surface area contributed by atoms with Crippen LogP contribution in [0.2, 0.25) is 0 Å². The molecule has 0 spiro atoms. The van der Waals surface area contributed by atoms with Crippen molar-refractivity contribution in [1.29, 1.82) is 0 Å². The van der Waals surface area contributed by atoms with E-state index >= 15 is 0 Å². The predicted molar refractivity (Wildman–Crippen MR) is 426 cm³/mol. The van der Waals surface area contributed by atoms with Gasteiger partial charge in [0.25, 0.3) is 11.4 Å². The number of benzene rings is 6. The number of halogens is 1. The Labute approximate surface area is 631 Å². The van der Waals surface area contributed by atoms with Crippen LogP contribution in [0.5, 0.6) is 0 Å². The van der Waals surface area contributed by atoms with Crippen LogP contribution in [0.15, 0.2) is 273 Å². The number of aromatic amines is 1. The Morgan fingerprint density at radius 3 is 1.33 bits per heavy atom. The summed E-state index contributed by atoms with van der Waals surface area (Å²) < 4.78 is 34.7. The van der Waals surface area contributed by atoms with Crippen molar-refractivity contribution in [3.63, 3.8) is 0 Å². The molecule has 0 amide bonds. The Kier molecular flexibility index (Phi) is 23.1. The zero-order valence-corrected chi connectivity index (χ0v) is 62.3. The minimum atomic E-state index is -1.06. The summed E-state index contributed by atoms with van der Waals surface area (Å²) in [4.78, 5) is 65.6. The fourth-order valence-electron chi connectivity index (χ4n) is 12.2. The van der Waals surface area contributed by atoms with Gasteiger partial charge in [0.05, 0.1) is 84.0 Å². The number of nitro benzene ring substituents is 2. The summed E-state index contributed by atoms with van der Waals surface area (Å²) >= 11 is 3.06. The molecule has 6 aromatic carbocycles. The number of hydrogen-bond acceptors (Lipinski definition) is 18. The first-order valence-corrected chi connectivity index (χ1v) is 36.5. The van der Waals surface area contributed by atoms with Crippen molar-refractivity contribution >= 4 is 103 Å². The lowest BCUT2D eigenvalue weighted by Gasteiger charge is -2.32. The van der Waals surface area contributed by atoms with E-state index in [0.717, 1.165) is 89.4 Å². The third-order valence-corrected chi connectivity index (χ3v) is 19.9. The molecule has 24 nitrogen and oxygen atoms in total. The van der Waals surface area contributed by atoms with Crippen molar-refractivity contribution in [3.05, 3.63) is 293 Å². The van der Waals surface area contributed by atoms with Crippen LogP contribution in [0.25, 0.3) is 118 Å². The highest BCUT2D eigenvalue weighted by atomic mass is 79.9. The van der Waals surface area contributed by atoms with Crippen molar-refractivity contribution in [2.75, 3.05) is 19.8 Å². The second-order valence-electron chi connectivity index (χ2n) is 25.0. The van der Waals surface area contributed by atoms with Crippen molar-refractivity contribution in [1.82, 2.24) is 63.5 Å². The number of aromatic nitrogens is 13. The molecule has 16 aromatic rings. The van der Waals surface area contributed by atoms with Crippen LogP contribution in [-0.2, 0) is 22.9 Å².